The van der Waals surface area contributed by atoms with Gasteiger partial charge in [-0.15, -0.1) is 0 Å². The number of benzene rings is 1. The third kappa shape index (κ3) is 3.70. The Labute approximate surface area is 176 Å². The molecule has 0 saturated heterocycles. The first-order chi connectivity index (χ1) is 14.5. The van der Waals surface area contributed by atoms with Crippen LogP contribution in [0.2, 0.25) is 0 Å². The van der Waals surface area contributed by atoms with E-state index >= 15 is 0 Å². The molecule has 3 heterocycles. The van der Waals surface area contributed by atoms with Gasteiger partial charge in [-0.1, -0.05) is 6.08 Å². The summed E-state index contributed by atoms with van der Waals surface area (Å²) in [5.41, 5.74) is 5.11. The Balaban J connectivity index is 1.60. The fourth-order valence-electron chi connectivity index (χ4n) is 3.70. The number of nitrogens with zero attached hydrogens (tertiary/aromatic N) is 4. The number of rotatable bonds is 4. The standard InChI is InChI=1S/C23H26N4O3/c1-25(2)23(28)26-11-9-16(10-12-26)18-6-8-22-24-19(15-27(22)14-18)17-5-7-20(29-3)21(13-17)30-4/h5-9,13-15H,10-12H2,1-4H3. The van der Waals surface area contributed by atoms with E-state index in [9.17, 15) is 4.79 Å². The van der Waals surface area contributed by atoms with Crippen molar-refractivity contribution in [2.75, 3.05) is 41.4 Å². The molecule has 1 aliphatic rings. The molecule has 2 aromatic heterocycles. The Kier molecular flexibility index (Phi) is 5.35. The highest BCUT2D eigenvalue weighted by molar-refractivity contribution is 5.76. The van der Waals surface area contributed by atoms with Gasteiger partial charge in [-0.3, -0.25) is 0 Å². The summed E-state index contributed by atoms with van der Waals surface area (Å²) in [5, 5.41) is 0. The molecule has 156 valence electrons. The van der Waals surface area contributed by atoms with Crippen LogP contribution in [0.4, 0.5) is 4.79 Å². The van der Waals surface area contributed by atoms with E-state index in [0.717, 1.165) is 35.4 Å². The van der Waals surface area contributed by atoms with Crippen LogP contribution in [0.25, 0.3) is 22.5 Å². The normalized spacial score (nSPS) is 13.9. The van der Waals surface area contributed by atoms with Crippen molar-refractivity contribution in [2.45, 2.75) is 6.42 Å². The number of hydrogen-bond donors (Lipinski definition) is 0. The fourth-order valence-corrected chi connectivity index (χ4v) is 3.70. The van der Waals surface area contributed by atoms with Gasteiger partial charge in [-0.25, -0.2) is 9.78 Å². The maximum atomic E-state index is 12.1. The minimum Gasteiger partial charge on any atom is -0.493 e. The second kappa shape index (κ2) is 8.10. The van der Waals surface area contributed by atoms with Crippen molar-refractivity contribution in [1.29, 1.82) is 0 Å². The second-order valence-corrected chi connectivity index (χ2v) is 7.48. The summed E-state index contributed by atoms with van der Waals surface area (Å²) in [5.74, 6) is 1.37. The monoisotopic (exact) mass is 406 g/mol. The molecule has 7 nitrogen and oxygen atoms in total. The lowest BCUT2D eigenvalue weighted by atomic mass is 10.0. The number of ether oxygens (including phenoxy) is 2. The molecule has 0 radical (unpaired) electrons. The van der Waals surface area contributed by atoms with Crippen LogP contribution in [-0.4, -0.2) is 66.6 Å². The summed E-state index contributed by atoms with van der Waals surface area (Å²) in [7, 11) is 6.82. The Morgan fingerprint density at radius 2 is 1.80 bits per heavy atom. The van der Waals surface area contributed by atoms with Gasteiger partial charge in [0.15, 0.2) is 11.5 Å². The van der Waals surface area contributed by atoms with Gasteiger partial charge in [0, 0.05) is 45.1 Å². The number of imidazole rings is 1. The van der Waals surface area contributed by atoms with Crippen molar-refractivity contribution in [3.8, 4) is 22.8 Å². The molecule has 4 rings (SSSR count). The maximum Gasteiger partial charge on any atom is 0.319 e. The van der Waals surface area contributed by atoms with Gasteiger partial charge in [0.1, 0.15) is 5.65 Å². The number of amides is 2. The minimum atomic E-state index is 0.0509. The van der Waals surface area contributed by atoms with E-state index in [0.29, 0.717) is 18.0 Å². The van der Waals surface area contributed by atoms with Crippen molar-refractivity contribution < 1.29 is 14.3 Å². The van der Waals surface area contributed by atoms with E-state index in [1.54, 1.807) is 33.2 Å². The molecule has 0 bridgehead atoms. The lowest BCUT2D eigenvalue weighted by Gasteiger charge is -2.29. The zero-order valence-electron chi connectivity index (χ0n) is 17.8. The third-order valence-corrected chi connectivity index (χ3v) is 5.36. The van der Waals surface area contributed by atoms with Crippen molar-refractivity contribution in [2.24, 2.45) is 0 Å². The lowest BCUT2D eigenvalue weighted by molar-refractivity contribution is 0.176. The van der Waals surface area contributed by atoms with E-state index in [1.807, 2.05) is 39.8 Å². The molecule has 2 amide bonds. The molecule has 7 heteroatoms. The average molecular weight is 406 g/mol. The number of methoxy groups -OCH3 is 2. The van der Waals surface area contributed by atoms with Crippen molar-refractivity contribution >= 4 is 17.3 Å². The SMILES string of the molecule is COc1ccc(-c2cn3cc(C4=CCN(C(=O)N(C)C)CC4)ccc3n2)cc1OC. The zero-order chi connectivity index (χ0) is 21.3. The van der Waals surface area contributed by atoms with Gasteiger partial charge >= 0.3 is 6.03 Å². The molecule has 0 fully saturated rings. The Morgan fingerprint density at radius 1 is 1.03 bits per heavy atom. The summed E-state index contributed by atoms with van der Waals surface area (Å²) in [6.45, 7) is 1.35. The molecule has 0 spiro atoms. The van der Waals surface area contributed by atoms with Gasteiger partial charge in [-0.2, -0.15) is 0 Å². The summed E-state index contributed by atoms with van der Waals surface area (Å²) >= 11 is 0. The quantitative estimate of drug-likeness (QED) is 0.662. The highest BCUT2D eigenvalue weighted by Gasteiger charge is 2.19. The number of carbonyl (C=O) groups excluding carboxylic acids is 1. The first-order valence-electron chi connectivity index (χ1n) is 9.87. The molecule has 3 aromatic rings. The van der Waals surface area contributed by atoms with Gasteiger partial charge in [0.2, 0.25) is 0 Å². The summed E-state index contributed by atoms with van der Waals surface area (Å²) in [4.78, 5) is 20.3. The first-order valence-corrected chi connectivity index (χ1v) is 9.87. The third-order valence-electron chi connectivity index (χ3n) is 5.36. The van der Waals surface area contributed by atoms with Crippen LogP contribution in [-0.2, 0) is 0 Å². The highest BCUT2D eigenvalue weighted by Crippen LogP contribution is 2.32. The zero-order valence-corrected chi connectivity index (χ0v) is 17.8. The molecule has 1 aromatic carbocycles. The predicted octanol–water partition coefficient (Wildman–Crippen LogP) is 3.79. The molecule has 1 aliphatic heterocycles. The summed E-state index contributed by atoms with van der Waals surface area (Å²) < 4.78 is 12.8. The second-order valence-electron chi connectivity index (χ2n) is 7.48. The number of pyridine rings is 1. The molecule has 0 atom stereocenters. The summed E-state index contributed by atoms with van der Waals surface area (Å²) in [6, 6.07) is 9.96. The number of fused-ring (bicyclic) bond motifs is 1. The molecular weight excluding hydrogens is 380 g/mol. The number of carbonyl (C=O) groups is 1. The van der Waals surface area contributed by atoms with Crippen LogP contribution in [0.3, 0.4) is 0 Å². The largest absolute Gasteiger partial charge is 0.493 e. The number of aromatic nitrogens is 2. The molecule has 0 N–H and O–H groups in total. The van der Waals surface area contributed by atoms with E-state index < -0.39 is 0 Å². The Bertz CT molecular complexity index is 1120. The first kappa shape index (κ1) is 19.8. The van der Waals surface area contributed by atoms with Crippen LogP contribution in [0.1, 0.15) is 12.0 Å². The van der Waals surface area contributed by atoms with Crippen LogP contribution in [0, 0.1) is 0 Å². The highest BCUT2D eigenvalue weighted by atomic mass is 16.5. The topological polar surface area (TPSA) is 59.3 Å². The van der Waals surface area contributed by atoms with Crippen molar-refractivity contribution in [3.63, 3.8) is 0 Å². The van der Waals surface area contributed by atoms with Crippen molar-refractivity contribution in [1.82, 2.24) is 19.2 Å². The molecule has 30 heavy (non-hydrogen) atoms. The van der Waals surface area contributed by atoms with Crippen LogP contribution in [0.5, 0.6) is 11.5 Å². The minimum absolute atomic E-state index is 0.0509. The van der Waals surface area contributed by atoms with Crippen LogP contribution in [0.15, 0.2) is 48.8 Å². The van der Waals surface area contributed by atoms with Gasteiger partial charge in [0.05, 0.1) is 19.9 Å². The Morgan fingerprint density at radius 3 is 2.47 bits per heavy atom. The van der Waals surface area contributed by atoms with Gasteiger partial charge in [0.25, 0.3) is 0 Å². The number of hydrogen-bond acceptors (Lipinski definition) is 4. The van der Waals surface area contributed by atoms with E-state index in [-0.39, 0.29) is 6.03 Å². The van der Waals surface area contributed by atoms with Crippen molar-refractivity contribution in [3.05, 3.63) is 54.4 Å². The van der Waals surface area contributed by atoms with Crippen LogP contribution < -0.4 is 9.47 Å². The lowest BCUT2D eigenvalue weighted by Crippen LogP contribution is -2.41. The molecule has 0 saturated carbocycles. The van der Waals surface area contributed by atoms with E-state index in [2.05, 4.69) is 18.3 Å². The Hall–Kier alpha value is -3.48. The summed E-state index contributed by atoms with van der Waals surface area (Å²) in [6.07, 6.45) is 7.09. The smallest absolute Gasteiger partial charge is 0.319 e. The van der Waals surface area contributed by atoms with E-state index in [1.165, 1.54) is 5.57 Å². The number of urea groups is 1. The molecule has 0 unspecified atom stereocenters. The predicted molar refractivity (Wildman–Crippen MR) is 117 cm³/mol. The average Bonchev–Trinajstić information content (AvgIpc) is 3.21. The van der Waals surface area contributed by atoms with Crippen LogP contribution >= 0.6 is 0 Å². The fraction of sp³-hybridized carbons (Fsp3) is 0.304. The molecular formula is C23H26N4O3. The maximum absolute atomic E-state index is 12.1. The van der Waals surface area contributed by atoms with E-state index in [4.69, 9.17) is 14.5 Å². The van der Waals surface area contributed by atoms with Gasteiger partial charge in [-0.05, 0) is 47.9 Å². The molecule has 0 aliphatic carbocycles. The van der Waals surface area contributed by atoms with Gasteiger partial charge < -0.3 is 23.7 Å².